The Morgan fingerprint density at radius 1 is 0.739 bits per heavy atom. The largest absolute Gasteiger partial charge is 0.658 e. The number of rotatable bonds is 8. The van der Waals surface area contributed by atoms with E-state index in [-0.39, 0.29) is 12.8 Å². The van der Waals surface area contributed by atoms with Crippen molar-refractivity contribution in [3.63, 3.8) is 0 Å². The van der Waals surface area contributed by atoms with Gasteiger partial charge in [-0.25, -0.2) is 0 Å². The zero-order chi connectivity index (χ0) is 16.7. The molecule has 0 aliphatic heterocycles. The van der Waals surface area contributed by atoms with Crippen LogP contribution in [0.5, 0.6) is 11.5 Å². The molecule has 0 unspecified atom stereocenters. The highest BCUT2D eigenvalue weighted by Gasteiger charge is 2.05. The van der Waals surface area contributed by atoms with Gasteiger partial charge < -0.3 is 19.5 Å². The summed E-state index contributed by atoms with van der Waals surface area (Å²) in [6.45, 7) is 0. The molecule has 23 heavy (non-hydrogen) atoms. The SMILES string of the molecule is O=C(O)Cc1ccc(O[B]Oc2ccc(CC(=O)O)cc2)cc1. The smallest absolute Gasteiger partial charge is 0.526 e. The van der Waals surface area contributed by atoms with Crippen LogP contribution < -0.4 is 9.31 Å². The minimum absolute atomic E-state index is 0.0385. The van der Waals surface area contributed by atoms with Crippen LogP contribution in [0.3, 0.4) is 0 Å². The van der Waals surface area contributed by atoms with E-state index < -0.39 is 11.9 Å². The predicted octanol–water partition coefficient (Wildman–Crippen LogP) is 1.93. The Kier molecular flexibility index (Phi) is 5.63. The first-order valence-electron chi connectivity index (χ1n) is 6.79. The fourth-order valence-corrected chi connectivity index (χ4v) is 1.86. The van der Waals surface area contributed by atoms with Gasteiger partial charge in [-0.1, -0.05) is 24.3 Å². The van der Waals surface area contributed by atoms with Crippen LogP contribution in [-0.2, 0) is 22.4 Å². The molecule has 0 heterocycles. The standard InChI is InChI=1S/C16H14BO6/c18-15(19)9-11-1-5-13(6-2-11)22-17-23-14-7-3-12(4-8-14)10-16(20)21/h1-8H,9-10H2,(H,18,19)(H,20,21). The second kappa shape index (κ2) is 7.88. The van der Waals surface area contributed by atoms with Gasteiger partial charge in [0.25, 0.3) is 0 Å². The number of aliphatic carboxylic acids is 2. The van der Waals surface area contributed by atoms with Crippen molar-refractivity contribution in [3.05, 3.63) is 59.7 Å². The van der Waals surface area contributed by atoms with Gasteiger partial charge in [0.1, 0.15) is 11.5 Å². The Bertz CT molecular complexity index is 606. The van der Waals surface area contributed by atoms with Crippen LogP contribution in [0.1, 0.15) is 11.1 Å². The lowest BCUT2D eigenvalue weighted by Crippen LogP contribution is -2.11. The molecule has 7 heteroatoms. The third-order valence-corrected chi connectivity index (χ3v) is 2.93. The van der Waals surface area contributed by atoms with Crippen LogP contribution in [0.15, 0.2) is 48.5 Å². The number of carboxylic acid groups (broad SMARTS) is 2. The zero-order valence-electron chi connectivity index (χ0n) is 12.1. The molecule has 0 aliphatic rings. The zero-order valence-corrected chi connectivity index (χ0v) is 12.1. The van der Waals surface area contributed by atoms with Crippen molar-refractivity contribution in [1.29, 1.82) is 0 Å². The van der Waals surface area contributed by atoms with Crippen molar-refractivity contribution in [2.75, 3.05) is 0 Å². The second-order valence-corrected chi connectivity index (χ2v) is 4.76. The van der Waals surface area contributed by atoms with Gasteiger partial charge in [0.2, 0.25) is 0 Å². The van der Waals surface area contributed by atoms with Crippen molar-refractivity contribution in [2.24, 2.45) is 0 Å². The summed E-state index contributed by atoms with van der Waals surface area (Å²) in [5.41, 5.74) is 1.36. The van der Waals surface area contributed by atoms with Crippen LogP contribution in [0.2, 0.25) is 0 Å². The van der Waals surface area contributed by atoms with Gasteiger partial charge in [0.05, 0.1) is 12.8 Å². The van der Waals surface area contributed by atoms with E-state index in [9.17, 15) is 9.59 Å². The van der Waals surface area contributed by atoms with Crippen molar-refractivity contribution in [3.8, 4) is 11.5 Å². The number of carbonyl (C=O) groups is 2. The lowest BCUT2D eigenvalue weighted by molar-refractivity contribution is -0.137. The molecular weight excluding hydrogens is 299 g/mol. The minimum atomic E-state index is -0.889. The van der Waals surface area contributed by atoms with Crippen LogP contribution in [0.4, 0.5) is 0 Å². The first-order chi connectivity index (χ1) is 11.0. The van der Waals surface area contributed by atoms with E-state index >= 15 is 0 Å². The van der Waals surface area contributed by atoms with Gasteiger partial charge >= 0.3 is 19.6 Å². The predicted molar refractivity (Wildman–Crippen MR) is 82.6 cm³/mol. The molecule has 6 nitrogen and oxygen atoms in total. The van der Waals surface area contributed by atoms with E-state index in [1.54, 1.807) is 48.5 Å². The van der Waals surface area contributed by atoms with E-state index in [1.807, 2.05) is 0 Å². The van der Waals surface area contributed by atoms with E-state index in [2.05, 4.69) is 0 Å². The Morgan fingerprint density at radius 2 is 1.09 bits per heavy atom. The van der Waals surface area contributed by atoms with Crippen molar-refractivity contribution >= 4 is 19.6 Å². The van der Waals surface area contributed by atoms with Gasteiger partial charge in [-0.15, -0.1) is 0 Å². The molecule has 0 aromatic heterocycles. The van der Waals surface area contributed by atoms with Crippen molar-refractivity contribution in [1.82, 2.24) is 0 Å². The van der Waals surface area contributed by atoms with Gasteiger partial charge in [-0.2, -0.15) is 0 Å². The molecule has 0 spiro atoms. The lowest BCUT2D eigenvalue weighted by atomic mass is 10.1. The van der Waals surface area contributed by atoms with Gasteiger partial charge in [-0.05, 0) is 35.4 Å². The second-order valence-electron chi connectivity index (χ2n) is 4.76. The molecule has 0 bridgehead atoms. The fourth-order valence-electron chi connectivity index (χ4n) is 1.86. The molecule has 2 aromatic rings. The third kappa shape index (κ3) is 5.74. The fraction of sp³-hybridized carbons (Fsp3) is 0.125. The quantitative estimate of drug-likeness (QED) is 0.723. The molecule has 0 aliphatic carbocycles. The lowest BCUT2D eigenvalue weighted by Gasteiger charge is -2.07. The Labute approximate surface area is 133 Å². The molecule has 117 valence electrons. The Hall–Kier alpha value is -2.96. The summed E-state index contributed by atoms with van der Waals surface area (Å²) in [5, 5.41) is 17.4. The van der Waals surface area contributed by atoms with Crippen molar-refractivity contribution in [2.45, 2.75) is 12.8 Å². The molecule has 2 rings (SSSR count). The Morgan fingerprint density at radius 3 is 1.39 bits per heavy atom. The first-order valence-corrected chi connectivity index (χ1v) is 6.79. The normalized spacial score (nSPS) is 9.91. The molecule has 0 atom stereocenters. The number of hydrogen-bond donors (Lipinski definition) is 2. The summed E-state index contributed by atoms with van der Waals surface area (Å²) >= 11 is 0. The highest BCUT2D eigenvalue weighted by atomic mass is 16.6. The van der Waals surface area contributed by atoms with E-state index in [0.717, 1.165) is 7.69 Å². The van der Waals surface area contributed by atoms with Crippen LogP contribution in [-0.4, -0.2) is 29.8 Å². The average molecular weight is 313 g/mol. The summed E-state index contributed by atoms with van der Waals surface area (Å²) in [4.78, 5) is 21.2. The molecule has 1 radical (unpaired) electrons. The number of hydrogen-bond acceptors (Lipinski definition) is 4. The van der Waals surface area contributed by atoms with E-state index in [1.165, 1.54) is 0 Å². The number of benzene rings is 2. The molecule has 2 aromatic carbocycles. The maximum absolute atomic E-state index is 10.6. The Balaban J connectivity index is 1.80. The first kappa shape index (κ1) is 16.4. The van der Waals surface area contributed by atoms with Crippen molar-refractivity contribution < 1.29 is 29.1 Å². The minimum Gasteiger partial charge on any atom is -0.526 e. The highest BCUT2D eigenvalue weighted by Crippen LogP contribution is 2.15. The van der Waals surface area contributed by atoms with Gasteiger partial charge in [0, 0.05) is 0 Å². The van der Waals surface area contributed by atoms with E-state index in [0.29, 0.717) is 22.6 Å². The summed E-state index contributed by atoms with van der Waals surface area (Å²) in [6, 6.07) is 13.2. The maximum atomic E-state index is 10.6. The highest BCUT2D eigenvalue weighted by molar-refractivity contribution is 6.20. The third-order valence-electron chi connectivity index (χ3n) is 2.93. The van der Waals surface area contributed by atoms with Gasteiger partial charge in [-0.3, -0.25) is 9.59 Å². The molecule has 0 amide bonds. The molecular formula is C16H14BO6. The maximum Gasteiger partial charge on any atom is 0.658 e. The molecule has 0 saturated heterocycles. The molecule has 2 N–H and O–H groups in total. The van der Waals surface area contributed by atoms with E-state index in [4.69, 9.17) is 19.5 Å². The molecule has 0 saturated carbocycles. The summed E-state index contributed by atoms with van der Waals surface area (Å²) in [5.74, 6) is -0.747. The van der Waals surface area contributed by atoms with Crippen LogP contribution >= 0.6 is 0 Å². The van der Waals surface area contributed by atoms with Crippen LogP contribution in [0.25, 0.3) is 0 Å². The topological polar surface area (TPSA) is 93.1 Å². The summed E-state index contributed by atoms with van der Waals surface area (Å²) in [6.07, 6.45) is -0.0770. The average Bonchev–Trinajstić information content (AvgIpc) is 2.50. The molecule has 0 fully saturated rings. The van der Waals surface area contributed by atoms with Crippen LogP contribution in [0, 0.1) is 0 Å². The monoisotopic (exact) mass is 313 g/mol. The summed E-state index contributed by atoms with van der Waals surface area (Å²) in [7, 11) is 1.15. The van der Waals surface area contributed by atoms with Gasteiger partial charge in [0.15, 0.2) is 0 Å². The number of carboxylic acids is 2. The summed E-state index contributed by atoms with van der Waals surface area (Å²) < 4.78 is 10.6.